The number of aliphatic hydroxyl groups excluding tert-OH is 1. The van der Waals surface area contributed by atoms with Gasteiger partial charge in [-0.3, -0.25) is 0 Å². The van der Waals surface area contributed by atoms with Crippen molar-refractivity contribution in [3.8, 4) is 11.8 Å². The summed E-state index contributed by atoms with van der Waals surface area (Å²) >= 11 is 0. The van der Waals surface area contributed by atoms with E-state index in [0.29, 0.717) is 6.42 Å². The lowest BCUT2D eigenvalue weighted by atomic mass is 10.1. The third kappa shape index (κ3) is 3.35. The fourth-order valence-corrected chi connectivity index (χ4v) is 1.38. The second-order valence-electron chi connectivity index (χ2n) is 3.17. The van der Waals surface area contributed by atoms with Gasteiger partial charge in [-0.1, -0.05) is 30.0 Å². The average Bonchev–Trinajstić information content (AvgIpc) is 2.33. The zero-order valence-electron chi connectivity index (χ0n) is 9.56. The van der Waals surface area contributed by atoms with Gasteiger partial charge in [0.1, 0.15) is 0 Å². The Kier molecular flexibility index (Phi) is 5.58. The molecule has 0 heterocycles. The van der Waals surface area contributed by atoms with Crippen molar-refractivity contribution in [2.24, 2.45) is 0 Å². The minimum absolute atomic E-state index is 0.0765. The summed E-state index contributed by atoms with van der Waals surface area (Å²) in [4.78, 5) is 0. The van der Waals surface area contributed by atoms with Crippen LogP contribution in [-0.2, 0) is 9.47 Å². The topological polar surface area (TPSA) is 38.7 Å². The minimum atomic E-state index is -0.403. The van der Waals surface area contributed by atoms with Crippen molar-refractivity contribution in [1.29, 1.82) is 0 Å². The molecule has 0 atom stereocenters. The highest BCUT2D eigenvalue weighted by molar-refractivity contribution is 5.41. The molecule has 0 fully saturated rings. The van der Waals surface area contributed by atoms with Gasteiger partial charge in [0.05, 0.1) is 6.61 Å². The monoisotopic (exact) mass is 220 g/mol. The SMILES string of the molecule is COC(OC)c1ccccc1C#CCCO. The maximum Gasteiger partial charge on any atom is 0.184 e. The highest BCUT2D eigenvalue weighted by Crippen LogP contribution is 2.20. The number of aliphatic hydroxyl groups is 1. The molecule has 1 aromatic carbocycles. The van der Waals surface area contributed by atoms with Crippen molar-refractivity contribution >= 4 is 0 Å². The van der Waals surface area contributed by atoms with E-state index >= 15 is 0 Å². The molecule has 1 aromatic rings. The fourth-order valence-electron chi connectivity index (χ4n) is 1.38. The smallest absolute Gasteiger partial charge is 0.184 e. The molecule has 0 saturated carbocycles. The molecule has 0 bridgehead atoms. The Hall–Kier alpha value is -1.34. The molecular formula is C13H16O3. The van der Waals surface area contributed by atoms with Crippen LogP contribution in [0.2, 0.25) is 0 Å². The molecule has 86 valence electrons. The molecule has 0 spiro atoms. The van der Waals surface area contributed by atoms with Gasteiger partial charge in [0.15, 0.2) is 6.29 Å². The quantitative estimate of drug-likeness (QED) is 0.620. The summed E-state index contributed by atoms with van der Waals surface area (Å²) in [5.41, 5.74) is 1.77. The third-order valence-electron chi connectivity index (χ3n) is 2.10. The number of benzene rings is 1. The Morgan fingerprint density at radius 2 is 1.94 bits per heavy atom. The Morgan fingerprint density at radius 3 is 2.56 bits per heavy atom. The first-order chi connectivity index (χ1) is 7.83. The first-order valence-electron chi connectivity index (χ1n) is 5.07. The van der Waals surface area contributed by atoms with Crippen LogP contribution in [0.1, 0.15) is 23.8 Å². The van der Waals surface area contributed by atoms with Gasteiger partial charge in [-0.15, -0.1) is 0 Å². The molecule has 3 nitrogen and oxygen atoms in total. The van der Waals surface area contributed by atoms with Crippen molar-refractivity contribution in [3.63, 3.8) is 0 Å². The molecule has 0 aromatic heterocycles. The van der Waals surface area contributed by atoms with Crippen LogP contribution in [0.5, 0.6) is 0 Å². The van der Waals surface area contributed by atoms with Crippen molar-refractivity contribution in [2.75, 3.05) is 20.8 Å². The molecule has 1 N–H and O–H groups in total. The van der Waals surface area contributed by atoms with Gasteiger partial charge < -0.3 is 14.6 Å². The molecule has 0 amide bonds. The Morgan fingerprint density at radius 1 is 1.25 bits per heavy atom. The first kappa shape index (κ1) is 12.7. The molecular weight excluding hydrogens is 204 g/mol. The van der Waals surface area contributed by atoms with E-state index < -0.39 is 6.29 Å². The number of methoxy groups -OCH3 is 2. The lowest BCUT2D eigenvalue weighted by Gasteiger charge is -2.15. The van der Waals surface area contributed by atoms with Gasteiger partial charge >= 0.3 is 0 Å². The summed E-state index contributed by atoms with van der Waals surface area (Å²) < 4.78 is 10.4. The highest BCUT2D eigenvalue weighted by Gasteiger charge is 2.11. The molecule has 0 unspecified atom stereocenters. The van der Waals surface area contributed by atoms with Crippen LogP contribution in [0.3, 0.4) is 0 Å². The van der Waals surface area contributed by atoms with Crippen LogP contribution in [0.15, 0.2) is 24.3 Å². The zero-order chi connectivity index (χ0) is 11.8. The zero-order valence-corrected chi connectivity index (χ0v) is 9.56. The Bertz CT molecular complexity index is 372. The van der Waals surface area contributed by atoms with Gasteiger partial charge in [0.25, 0.3) is 0 Å². The highest BCUT2D eigenvalue weighted by atomic mass is 16.7. The average molecular weight is 220 g/mol. The summed E-state index contributed by atoms with van der Waals surface area (Å²) in [5, 5.41) is 8.66. The number of ether oxygens (including phenoxy) is 2. The molecule has 0 aliphatic carbocycles. The van der Waals surface area contributed by atoms with Crippen LogP contribution in [0.25, 0.3) is 0 Å². The summed E-state index contributed by atoms with van der Waals surface area (Å²) in [6.45, 7) is 0.0765. The molecule has 1 rings (SSSR count). The standard InChI is InChI=1S/C13H16O3/c1-15-13(16-2)12-9-4-3-7-11(12)8-5-6-10-14/h3-4,7,9,13-14H,6,10H2,1-2H3. The van der Waals surface area contributed by atoms with E-state index in [-0.39, 0.29) is 6.61 Å². The third-order valence-corrected chi connectivity index (χ3v) is 2.10. The van der Waals surface area contributed by atoms with E-state index in [1.807, 2.05) is 24.3 Å². The second kappa shape index (κ2) is 7.02. The van der Waals surface area contributed by atoms with Crippen LogP contribution in [0.4, 0.5) is 0 Å². The van der Waals surface area contributed by atoms with Crippen molar-refractivity contribution in [3.05, 3.63) is 35.4 Å². The van der Waals surface area contributed by atoms with E-state index in [2.05, 4.69) is 11.8 Å². The van der Waals surface area contributed by atoms with Crippen LogP contribution >= 0.6 is 0 Å². The summed E-state index contributed by atoms with van der Waals surface area (Å²) in [5.74, 6) is 5.88. The second-order valence-corrected chi connectivity index (χ2v) is 3.17. The van der Waals surface area contributed by atoms with E-state index in [9.17, 15) is 0 Å². The van der Waals surface area contributed by atoms with Gasteiger partial charge in [-0.05, 0) is 6.07 Å². The maximum atomic E-state index is 8.66. The number of rotatable bonds is 4. The van der Waals surface area contributed by atoms with E-state index in [1.54, 1.807) is 14.2 Å². The maximum absolute atomic E-state index is 8.66. The van der Waals surface area contributed by atoms with Gasteiger partial charge in [-0.2, -0.15) is 0 Å². The normalized spacial score (nSPS) is 10.0. The van der Waals surface area contributed by atoms with Gasteiger partial charge in [-0.25, -0.2) is 0 Å². The molecule has 0 saturated heterocycles. The summed E-state index contributed by atoms with van der Waals surface area (Å²) in [7, 11) is 3.18. The lowest BCUT2D eigenvalue weighted by Crippen LogP contribution is -2.05. The van der Waals surface area contributed by atoms with Crippen LogP contribution in [-0.4, -0.2) is 25.9 Å². The fraction of sp³-hybridized carbons (Fsp3) is 0.385. The van der Waals surface area contributed by atoms with Crippen LogP contribution in [0, 0.1) is 11.8 Å². The lowest BCUT2D eigenvalue weighted by molar-refractivity contribution is -0.106. The number of hydrogen-bond acceptors (Lipinski definition) is 3. The van der Waals surface area contributed by atoms with Gasteiger partial charge in [0.2, 0.25) is 0 Å². The van der Waals surface area contributed by atoms with E-state index in [4.69, 9.17) is 14.6 Å². The molecule has 0 aliphatic rings. The predicted molar refractivity (Wildman–Crippen MR) is 61.8 cm³/mol. The molecule has 0 radical (unpaired) electrons. The largest absolute Gasteiger partial charge is 0.395 e. The predicted octanol–water partition coefficient (Wildman–Crippen LogP) is 1.71. The summed E-state index contributed by atoms with van der Waals surface area (Å²) in [6, 6.07) is 7.65. The Balaban J connectivity index is 2.96. The molecule has 3 heteroatoms. The van der Waals surface area contributed by atoms with Crippen LogP contribution < -0.4 is 0 Å². The van der Waals surface area contributed by atoms with Crippen molar-refractivity contribution in [2.45, 2.75) is 12.7 Å². The van der Waals surface area contributed by atoms with E-state index in [1.165, 1.54) is 0 Å². The molecule has 0 aliphatic heterocycles. The van der Waals surface area contributed by atoms with Crippen molar-refractivity contribution in [1.82, 2.24) is 0 Å². The van der Waals surface area contributed by atoms with Gasteiger partial charge in [0, 0.05) is 31.8 Å². The Labute approximate surface area is 96.0 Å². The minimum Gasteiger partial charge on any atom is -0.395 e. The first-order valence-corrected chi connectivity index (χ1v) is 5.07. The van der Waals surface area contributed by atoms with E-state index in [0.717, 1.165) is 11.1 Å². The number of hydrogen-bond donors (Lipinski definition) is 1. The summed E-state index contributed by atoms with van der Waals surface area (Å²) in [6.07, 6.45) is 0.0681. The molecule has 16 heavy (non-hydrogen) atoms. The van der Waals surface area contributed by atoms with Crippen molar-refractivity contribution < 1.29 is 14.6 Å².